The highest BCUT2D eigenvalue weighted by Gasteiger charge is 2.23. The summed E-state index contributed by atoms with van der Waals surface area (Å²) < 4.78 is 23.7. The zero-order chi connectivity index (χ0) is 12.0. The Balaban J connectivity index is 4.09. The summed E-state index contributed by atoms with van der Waals surface area (Å²) in [5, 5.41) is 19.4. The first-order chi connectivity index (χ1) is 6.90. The van der Waals surface area contributed by atoms with Gasteiger partial charge in [-0.2, -0.15) is 5.26 Å². The van der Waals surface area contributed by atoms with Crippen molar-refractivity contribution in [1.82, 2.24) is 5.32 Å². The summed E-state index contributed by atoms with van der Waals surface area (Å²) in [5.41, 5.74) is 0. The lowest BCUT2D eigenvalue weighted by molar-refractivity contribution is -0.125. The third kappa shape index (κ3) is 4.70. The van der Waals surface area contributed by atoms with Crippen LogP contribution >= 0.6 is 0 Å². The van der Waals surface area contributed by atoms with Gasteiger partial charge in [-0.25, -0.2) is 8.78 Å². The van der Waals surface area contributed by atoms with Crippen molar-refractivity contribution in [3.8, 4) is 6.07 Å². The van der Waals surface area contributed by atoms with Crippen molar-refractivity contribution in [1.29, 1.82) is 5.26 Å². The van der Waals surface area contributed by atoms with Crippen LogP contribution in [0.1, 0.15) is 13.8 Å². The van der Waals surface area contributed by atoms with Crippen molar-refractivity contribution in [3.05, 3.63) is 0 Å². The monoisotopic (exact) mass is 220 g/mol. The van der Waals surface area contributed by atoms with Crippen LogP contribution < -0.4 is 5.32 Å². The SMILES string of the molecule is CC(C)C(C#N)C(=O)NCC(O)C(F)F. The molecule has 0 rings (SSSR count). The minimum Gasteiger partial charge on any atom is -0.385 e. The number of nitrogens with zero attached hydrogens (tertiary/aromatic N) is 1. The number of carbonyl (C=O) groups is 1. The van der Waals surface area contributed by atoms with Crippen molar-refractivity contribution in [2.45, 2.75) is 26.4 Å². The van der Waals surface area contributed by atoms with Gasteiger partial charge in [0.1, 0.15) is 12.0 Å². The number of rotatable bonds is 5. The van der Waals surface area contributed by atoms with Gasteiger partial charge in [0, 0.05) is 6.54 Å². The van der Waals surface area contributed by atoms with Crippen LogP contribution in [-0.4, -0.2) is 30.1 Å². The molecule has 0 fully saturated rings. The average Bonchev–Trinajstić information content (AvgIpc) is 2.14. The van der Waals surface area contributed by atoms with E-state index in [2.05, 4.69) is 5.32 Å². The summed E-state index contributed by atoms with van der Waals surface area (Å²) in [7, 11) is 0. The van der Waals surface area contributed by atoms with E-state index in [1.54, 1.807) is 19.9 Å². The van der Waals surface area contributed by atoms with Gasteiger partial charge in [0.15, 0.2) is 0 Å². The second-order valence-electron chi connectivity index (χ2n) is 3.50. The highest BCUT2D eigenvalue weighted by atomic mass is 19.3. The average molecular weight is 220 g/mol. The molecule has 0 aromatic heterocycles. The van der Waals surface area contributed by atoms with Gasteiger partial charge in [-0.1, -0.05) is 13.8 Å². The van der Waals surface area contributed by atoms with Gasteiger partial charge in [0.2, 0.25) is 5.91 Å². The lowest BCUT2D eigenvalue weighted by Gasteiger charge is -2.15. The fraction of sp³-hybridized carbons (Fsp3) is 0.778. The highest BCUT2D eigenvalue weighted by molar-refractivity contribution is 5.81. The van der Waals surface area contributed by atoms with Crippen LogP contribution in [0.4, 0.5) is 8.78 Å². The standard InChI is InChI=1S/C9H14F2N2O2/c1-5(2)6(3-12)9(15)13-4-7(14)8(10)11/h5-8,14H,4H2,1-2H3,(H,13,15). The Morgan fingerprint density at radius 3 is 2.40 bits per heavy atom. The number of carbonyl (C=O) groups excluding carboxylic acids is 1. The Kier molecular flexibility index (Phi) is 5.79. The number of hydrogen-bond acceptors (Lipinski definition) is 3. The minimum atomic E-state index is -2.90. The molecule has 2 atom stereocenters. The van der Waals surface area contributed by atoms with Gasteiger partial charge >= 0.3 is 0 Å². The number of amides is 1. The van der Waals surface area contributed by atoms with Gasteiger partial charge in [-0.15, -0.1) is 0 Å². The number of halogens is 2. The van der Waals surface area contributed by atoms with Gasteiger partial charge in [0.25, 0.3) is 6.43 Å². The van der Waals surface area contributed by atoms with Crippen molar-refractivity contribution < 1.29 is 18.7 Å². The first-order valence-electron chi connectivity index (χ1n) is 4.53. The van der Waals surface area contributed by atoms with Crippen LogP contribution in [0, 0.1) is 23.2 Å². The van der Waals surface area contributed by atoms with Crippen LogP contribution in [0.25, 0.3) is 0 Å². The quantitative estimate of drug-likeness (QED) is 0.709. The molecule has 0 bridgehead atoms. The van der Waals surface area contributed by atoms with Crippen molar-refractivity contribution in [2.75, 3.05) is 6.54 Å². The third-order valence-corrected chi connectivity index (χ3v) is 1.86. The fourth-order valence-electron chi connectivity index (χ4n) is 0.915. The number of aliphatic hydroxyl groups excluding tert-OH is 1. The lowest BCUT2D eigenvalue weighted by atomic mass is 9.97. The largest absolute Gasteiger partial charge is 0.385 e. The van der Waals surface area contributed by atoms with Crippen LogP contribution in [-0.2, 0) is 4.79 Å². The second-order valence-corrected chi connectivity index (χ2v) is 3.50. The predicted octanol–water partition coefficient (Wildman–Crippen LogP) is 0.524. The second kappa shape index (κ2) is 6.30. The molecule has 0 aliphatic heterocycles. The van der Waals surface area contributed by atoms with E-state index < -0.39 is 30.9 Å². The first-order valence-corrected chi connectivity index (χ1v) is 4.53. The number of aliphatic hydroxyl groups is 1. The van der Waals surface area contributed by atoms with Crippen LogP contribution in [0.3, 0.4) is 0 Å². The molecule has 0 saturated heterocycles. The molecular formula is C9H14F2N2O2. The van der Waals surface area contributed by atoms with Gasteiger partial charge in [0.05, 0.1) is 6.07 Å². The Morgan fingerprint density at radius 1 is 1.53 bits per heavy atom. The molecule has 2 unspecified atom stereocenters. The summed E-state index contributed by atoms with van der Waals surface area (Å²) in [6, 6.07) is 1.77. The number of nitrogens with one attached hydrogen (secondary N) is 1. The normalized spacial score (nSPS) is 14.8. The third-order valence-electron chi connectivity index (χ3n) is 1.86. The molecule has 0 aromatic rings. The summed E-state index contributed by atoms with van der Waals surface area (Å²) in [6.07, 6.45) is -4.79. The van der Waals surface area contributed by atoms with Crippen molar-refractivity contribution in [2.24, 2.45) is 11.8 Å². The summed E-state index contributed by atoms with van der Waals surface area (Å²) in [5.74, 6) is -1.71. The van der Waals surface area contributed by atoms with E-state index in [9.17, 15) is 13.6 Å². The molecule has 2 N–H and O–H groups in total. The number of hydrogen-bond donors (Lipinski definition) is 2. The maximum absolute atomic E-state index is 11.9. The van der Waals surface area contributed by atoms with E-state index in [1.165, 1.54) is 0 Å². The Hall–Kier alpha value is -1.22. The lowest BCUT2D eigenvalue weighted by Crippen LogP contribution is -2.39. The smallest absolute Gasteiger partial charge is 0.265 e. The minimum absolute atomic E-state index is 0.196. The van der Waals surface area contributed by atoms with E-state index in [0.29, 0.717) is 0 Å². The topological polar surface area (TPSA) is 73.1 Å². The van der Waals surface area contributed by atoms with Crippen molar-refractivity contribution in [3.63, 3.8) is 0 Å². The van der Waals surface area contributed by atoms with Crippen LogP contribution in [0.2, 0.25) is 0 Å². The molecule has 0 aliphatic rings. The number of nitriles is 1. The fourth-order valence-corrected chi connectivity index (χ4v) is 0.915. The number of alkyl halides is 2. The Bertz CT molecular complexity index is 251. The molecule has 0 aromatic carbocycles. The van der Waals surface area contributed by atoms with E-state index in [4.69, 9.17) is 10.4 Å². The molecule has 1 amide bonds. The van der Waals surface area contributed by atoms with Crippen molar-refractivity contribution >= 4 is 5.91 Å². The molecule has 15 heavy (non-hydrogen) atoms. The molecule has 0 radical (unpaired) electrons. The molecule has 4 nitrogen and oxygen atoms in total. The van der Waals surface area contributed by atoms with Gasteiger partial charge in [-0.3, -0.25) is 4.79 Å². The first kappa shape index (κ1) is 13.8. The summed E-state index contributed by atoms with van der Waals surface area (Å²) in [4.78, 5) is 11.3. The van der Waals surface area contributed by atoms with E-state index >= 15 is 0 Å². The maximum Gasteiger partial charge on any atom is 0.265 e. The summed E-state index contributed by atoms with van der Waals surface area (Å²) >= 11 is 0. The Morgan fingerprint density at radius 2 is 2.07 bits per heavy atom. The van der Waals surface area contributed by atoms with Crippen LogP contribution in [0.15, 0.2) is 0 Å². The predicted molar refractivity (Wildman–Crippen MR) is 49.0 cm³/mol. The molecular weight excluding hydrogens is 206 g/mol. The molecule has 0 heterocycles. The molecule has 86 valence electrons. The molecule has 0 aliphatic carbocycles. The van der Waals surface area contributed by atoms with E-state index in [-0.39, 0.29) is 5.92 Å². The zero-order valence-electron chi connectivity index (χ0n) is 8.58. The molecule has 6 heteroatoms. The van der Waals surface area contributed by atoms with E-state index in [1.807, 2.05) is 0 Å². The zero-order valence-corrected chi connectivity index (χ0v) is 8.58. The Labute approximate surface area is 86.9 Å². The highest BCUT2D eigenvalue weighted by Crippen LogP contribution is 2.09. The van der Waals surface area contributed by atoms with Gasteiger partial charge < -0.3 is 10.4 Å². The van der Waals surface area contributed by atoms with Crippen LogP contribution in [0.5, 0.6) is 0 Å². The molecule has 0 saturated carbocycles. The van der Waals surface area contributed by atoms with Gasteiger partial charge in [-0.05, 0) is 5.92 Å². The molecule has 0 spiro atoms. The maximum atomic E-state index is 11.9. The van der Waals surface area contributed by atoms with E-state index in [0.717, 1.165) is 0 Å². The summed E-state index contributed by atoms with van der Waals surface area (Å²) in [6.45, 7) is 2.81.